The minimum absolute atomic E-state index is 0.166. The third kappa shape index (κ3) is 1.19. The molecular weight excluding hydrogens is 188 g/mol. The van der Waals surface area contributed by atoms with Crippen molar-refractivity contribution in [2.45, 2.75) is 38.8 Å². The molecule has 2 saturated heterocycles. The number of rotatable bonds is 0. The highest BCUT2D eigenvalue weighted by Gasteiger charge is 2.47. The van der Waals surface area contributed by atoms with E-state index in [2.05, 4.69) is 23.2 Å². The maximum Gasteiger partial charge on any atom is 0.144 e. The van der Waals surface area contributed by atoms with Crippen LogP contribution in [-0.2, 0) is 4.79 Å². The molecule has 0 aromatic heterocycles. The molecule has 3 nitrogen and oxygen atoms in total. The zero-order chi connectivity index (χ0) is 10.5. The topological polar surface area (TPSA) is 32.3 Å². The summed E-state index contributed by atoms with van der Waals surface area (Å²) in [6.45, 7) is 4.26. The largest absolute Gasteiger partial charge is 0.357 e. The Hall–Kier alpha value is -0.830. The SMILES string of the molecule is CC12CCC3NCCN3C1=CCCC2=O. The van der Waals surface area contributed by atoms with E-state index in [0.29, 0.717) is 11.9 Å². The molecule has 0 bridgehead atoms. The van der Waals surface area contributed by atoms with Gasteiger partial charge in [-0.3, -0.25) is 10.1 Å². The molecule has 2 heterocycles. The van der Waals surface area contributed by atoms with Crippen molar-refractivity contribution in [3.63, 3.8) is 0 Å². The molecule has 2 aliphatic heterocycles. The molecule has 1 aliphatic carbocycles. The molecule has 2 unspecified atom stereocenters. The molecule has 3 heteroatoms. The average Bonchev–Trinajstić information content (AvgIpc) is 2.68. The Morgan fingerprint density at radius 2 is 2.47 bits per heavy atom. The number of hydrogen-bond acceptors (Lipinski definition) is 3. The minimum atomic E-state index is -0.166. The minimum Gasteiger partial charge on any atom is -0.357 e. The molecule has 82 valence electrons. The van der Waals surface area contributed by atoms with Crippen molar-refractivity contribution >= 4 is 5.78 Å². The average molecular weight is 206 g/mol. The third-order valence-corrected chi connectivity index (χ3v) is 4.23. The quantitative estimate of drug-likeness (QED) is 0.647. The maximum atomic E-state index is 12.1. The van der Waals surface area contributed by atoms with E-state index < -0.39 is 0 Å². The molecule has 0 aromatic carbocycles. The predicted octanol–water partition coefficient (Wildman–Crippen LogP) is 1.26. The molecule has 1 N–H and O–H groups in total. The number of piperidine rings is 1. The smallest absolute Gasteiger partial charge is 0.144 e. The Kier molecular flexibility index (Phi) is 1.93. The number of allylic oxidation sites excluding steroid dienone is 2. The summed E-state index contributed by atoms with van der Waals surface area (Å²) in [5.74, 6) is 0.449. The number of carbonyl (C=O) groups excluding carboxylic acids is 1. The van der Waals surface area contributed by atoms with Crippen LogP contribution in [0.1, 0.15) is 32.6 Å². The van der Waals surface area contributed by atoms with Gasteiger partial charge in [0.1, 0.15) is 5.78 Å². The first kappa shape index (κ1) is 9.40. The Morgan fingerprint density at radius 3 is 3.33 bits per heavy atom. The van der Waals surface area contributed by atoms with Crippen molar-refractivity contribution in [3.05, 3.63) is 11.8 Å². The van der Waals surface area contributed by atoms with Gasteiger partial charge in [-0.05, 0) is 26.2 Å². The summed E-state index contributed by atoms with van der Waals surface area (Å²) in [7, 11) is 0. The summed E-state index contributed by atoms with van der Waals surface area (Å²) >= 11 is 0. The molecule has 0 aromatic rings. The van der Waals surface area contributed by atoms with Gasteiger partial charge in [-0.2, -0.15) is 0 Å². The zero-order valence-corrected chi connectivity index (χ0v) is 9.25. The highest BCUT2D eigenvalue weighted by molar-refractivity contribution is 5.88. The van der Waals surface area contributed by atoms with E-state index in [0.717, 1.165) is 38.8 Å². The van der Waals surface area contributed by atoms with E-state index in [1.165, 1.54) is 5.70 Å². The number of Topliss-reactive ketones (excluding diaryl/α,β-unsaturated/α-hetero) is 1. The van der Waals surface area contributed by atoms with Gasteiger partial charge in [0.25, 0.3) is 0 Å². The lowest BCUT2D eigenvalue weighted by Crippen LogP contribution is -2.49. The number of hydrogen-bond donors (Lipinski definition) is 1. The van der Waals surface area contributed by atoms with Gasteiger partial charge >= 0.3 is 0 Å². The van der Waals surface area contributed by atoms with Gasteiger partial charge in [0.2, 0.25) is 0 Å². The van der Waals surface area contributed by atoms with E-state index in [9.17, 15) is 4.79 Å². The number of ketones is 1. The fraction of sp³-hybridized carbons (Fsp3) is 0.750. The standard InChI is InChI=1S/C12H18N2O/c1-12-6-5-11-13-7-8-14(11)9(12)3-2-4-10(12)15/h3,11,13H,2,4-8H2,1H3. The van der Waals surface area contributed by atoms with Crippen LogP contribution in [-0.4, -0.2) is 29.9 Å². The second kappa shape index (κ2) is 3.08. The summed E-state index contributed by atoms with van der Waals surface area (Å²) in [6, 6.07) is 0. The van der Waals surface area contributed by atoms with Gasteiger partial charge in [-0.15, -0.1) is 0 Å². The van der Waals surface area contributed by atoms with Crippen LogP contribution in [0.5, 0.6) is 0 Å². The van der Waals surface area contributed by atoms with Crippen LogP contribution in [0.15, 0.2) is 11.8 Å². The van der Waals surface area contributed by atoms with Gasteiger partial charge < -0.3 is 4.90 Å². The first-order chi connectivity index (χ1) is 7.22. The molecule has 0 radical (unpaired) electrons. The van der Waals surface area contributed by atoms with Crippen LogP contribution >= 0.6 is 0 Å². The predicted molar refractivity (Wildman–Crippen MR) is 58.2 cm³/mol. The first-order valence-corrected chi connectivity index (χ1v) is 5.96. The Labute approximate surface area is 90.5 Å². The van der Waals surface area contributed by atoms with Crippen LogP contribution in [0.2, 0.25) is 0 Å². The lowest BCUT2D eigenvalue weighted by atomic mass is 9.70. The molecule has 3 rings (SSSR count). The lowest BCUT2D eigenvalue weighted by Gasteiger charge is -2.46. The second-order valence-electron chi connectivity index (χ2n) is 5.09. The number of nitrogens with one attached hydrogen (secondary N) is 1. The van der Waals surface area contributed by atoms with Crippen molar-refractivity contribution in [2.24, 2.45) is 5.41 Å². The van der Waals surface area contributed by atoms with Crippen LogP contribution in [0.3, 0.4) is 0 Å². The van der Waals surface area contributed by atoms with Gasteiger partial charge in [0, 0.05) is 25.2 Å². The van der Waals surface area contributed by atoms with Gasteiger partial charge in [0.05, 0.1) is 11.6 Å². The van der Waals surface area contributed by atoms with Crippen molar-refractivity contribution in [2.75, 3.05) is 13.1 Å². The lowest BCUT2D eigenvalue weighted by molar-refractivity contribution is -0.129. The molecular formula is C12H18N2O. The van der Waals surface area contributed by atoms with Crippen molar-refractivity contribution in [1.29, 1.82) is 0 Å². The summed E-state index contributed by atoms with van der Waals surface area (Å²) < 4.78 is 0. The Bertz CT molecular complexity index is 337. The van der Waals surface area contributed by atoms with Gasteiger partial charge in [0.15, 0.2) is 0 Å². The van der Waals surface area contributed by atoms with Crippen LogP contribution < -0.4 is 5.32 Å². The second-order valence-corrected chi connectivity index (χ2v) is 5.09. The fourth-order valence-corrected chi connectivity index (χ4v) is 3.27. The van der Waals surface area contributed by atoms with Gasteiger partial charge in [-0.25, -0.2) is 0 Å². The summed E-state index contributed by atoms with van der Waals surface area (Å²) in [5, 5.41) is 3.50. The number of fused-ring (bicyclic) bond motifs is 3. The summed E-state index contributed by atoms with van der Waals surface area (Å²) in [4.78, 5) is 14.5. The molecule has 3 aliphatic rings. The highest BCUT2D eigenvalue weighted by atomic mass is 16.1. The van der Waals surface area contributed by atoms with Crippen LogP contribution in [0.25, 0.3) is 0 Å². The maximum absolute atomic E-state index is 12.1. The van der Waals surface area contributed by atoms with Crippen LogP contribution in [0, 0.1) is 5.41 Å². The number of carbonyl (C=O) groups is 1. The monoisotopic (exact) mass is 206 g/mol. The highest BCUT2D eigenvalue weighted by Crippen LogP contribution is 2.45. The first-order valence-electron chi connectivity index (χ1n) is 5.96. The van der Waals surface area contributed by atoms with Gasteiger partial charge in [-0.1, -0.05) is 6.08 Å². The normalized spacial score (nSPS) is 39.8. The van der Waals surface area contributed by atoms with E-state index in [1.807, 2.05) is 0 Å². The molecule has 2 atom stereocenters. The van der Waals surface area contributed by atoms with E-state index in [4.69, 9.17) is 0 Å². The van der Waals surface area contributed by atoms with Crippen LogP contribution in [0.4, 0.5) is 0 Å². The number of nitrogens with zero attached hydrogens (tertiary/aromatic N) is 1. The summed E-state index contributed by atoms with van der Waals surface area (Å²) in [5.41, 5.74) is 1.14. The van der Waals surface area contributed by atoms with E-state index in [1.54, 1.807) is 0 Å². The summed E-state index contributed by atoms with van der Waals surface area (Å²) in [6.07, 6.45) is 6.60. The third-order valence-electron chi connectivity index (χ3n) is 4.23. The van der Waals surface area contributed by atoms with Crippen molar-refractivity contribution in [1.82, 2.24) is 10.2 Å². The van der Waals surface area contributed by atoms with Crippen molar-refractivity contribution < 1.29 is 4.79 Å². The molecule has 0 saturated carbocycles. The molecule has 0 amide bonds. The Balaban J connectivity index is 2.00. The zero-order valence-electron chi connectivity index (χ0n) is 9.25. The molecule has 15 heavy (non-hydrogen) atoms. The molecule has 2 fully saturated rings. The van der Waals surface area contributed by atoms with E-state index >= 15 is 0 Å². The van der Waals surface area contributed by atoms with E-state index in [-0.39, 0.29) is 5.41 Å². The van der Waals surface area contributed by atoms with Crippen molar-refractivity contribution in [3.8, 4) is 0 Å². The fourth-order valence-electron chi connectivity index (χ4n) is 3.27. The molecule has 0 spiro atoms. The Morgan fingerprint density at radius 1 is 1.60 bits per heavy atom.